The summed E-state index contributed by atoms with van der Waals surface area (Å²) in [6.45, 7) is 2.83. The summed E-state index contributed by atoms with van der Waals surface area (Å²) in [5.74, 6) is 0.493. The van der Waals surface area contributed by atoms with Gasteiger partial charge >= 0.3 is 0 Å². The van der Waals surface area contributed by atoms with Gasteiger partial charge in [-0.2, -0.15) is 0 Å². The van der Waals surface area contributed by atoms with Gasteiger partial charge in [-0.1, -0.05) is 42.7 Å². The minimum Gasteiger partial charge on any atom is -0.472 e. The molecule has 2 heteroatoms. The van der Waals surface area contributed by atoms with Gasteiger partial charge in [0.1, 0.15) is 0 Å². The Bertz CT molecular complexity index is 530. The topological polar surface area (TPSA) is 22.4 Å². The zero-order valence-electron chi connectivity index (χ0n) is 12.0. The molecule has 2 atom stereocenters. The largest absolute Gasteiger partial charge is 0.472 e. The molecule has 0 unspecified atom stereocenters. The Hall–Kier alpha value is -1.54. The van der Waals surface area contributed by atoms with Crippen molar-refractivity contribution in [1.29, 1.82) is 0 Å². The van der Waals surface area contributed by atoms with Gasteiger partial charge in [0.05, 0.1) is 25.2 Å². The molecule has 1 aromatic carbocycles. The smallest absolute Gasteiger partial charge is 0.0938 e. The summed E-state index contributed by atoms with van der Waals surface area (Å²) in [5.41, 5.74) is 3.85. The van der Waals surface area contributed by atoms with E-state index in [1.165, 1.54) is 36.0 Å². The molecule has 0 bridgehead atoms. The molecule has 1 saturated carbocycles. The van der Waals surface area contributed by atoms with E-state index in [4.69, 9.17) is 9.15 Å². The van der Waals surface area contributed by atoms with Gasteiger partial charge < -0.3 is 9.15 Å². The van der Waals surface area contributed by atoms with Crippen molar-refractivity contribution in [3.63, 3.8) is 0 Å². The average Bonchev–Trinajstić information content (AvgIpc) is 3.00. The lowest BCUT2D eigenvalue weighted by molar-refractivity contribution is 0.00184. The van der Waals surface area contributed by atoms with E-state index in [1.54, 1.807) is 6.26 Å². The van der Waals surface area contributed by atoms with Crippen LogP contribution in [0.4, 0.5) is 0 Å². The molecule has 0 N–H and O–H groups in total. The highest BCUT2D eigenvalue weighted by molar-refractivity contribution is 5.21. The predicted molar refractivity (Wildman–Crippen MR) is 79.7 cm³/mol. The molecule has 106 valence electrons. The maximum absolute atomic E-state index is 6.22. The van der Waals surface area contributed by atoms with Gasteiger partial charge in [-0.25, -0.2) is 0 Å². The van der Waals surface area contributed by atoms with Crippen LogP contribution < -0.4 is 0 Å². The SMILES string of the molecule is Cc1cccc(CO[C@H]2CCCC[C@@H]2c2ccoc2)c1. The van der Waals surface area contributed by atoms with Crippen LogP contribution >= 0.6 is 0 Å². The monoisotopic (exact) mass is 270 g/mol. The molecule has 2 nitrogen and oxygen atoms in total. The summed E-state index contributed by atoms with van der Waals surface area (Å²) in [5, 5.41) is 0. The van der Waals surface area contributed by atoms with Crippen molar-refractivity contribution in [1.82, 2.24) is 0 Å². The fourth-order valence-electron chi connectivity index (χ4n) is 3.17. The van der Waals surface area contributed by atoms with E-state index < -0.39 is 0 Å². The van der Waals surface area contributed by atoms with Gasteiger partial charge in [0, 0.05) is 5.92 Å². The first-order valence-corrected chi connectivity index (χ1v) is 7.52. The zero-order chi connectivity index (χ0) is 13.8. The average molecular weight is 270 g/mol. The molecule has 1 heterocycles. The summed E-state index contributed by atoms with van der Waals surface area (Å²) >= 11 is 0. The Kier molecular flexibility index (Phi) is 4.22. The fourth-order valence-corrected chi connectivity index (χ4v) is 3.17. The number of hydrogen-bond acceptors (Lipinski definition) is 2. The molecule has 0 aliphatic heterocycles. The first kappa shape index (κ1) is 13.4. The minimum atomic E-state index is 0.321. The summed E-state index contributed by atoms with van der Waals surface area (Å²) in [6, 6.07) is 10.7. The first-order chi connectivity index (χ1) is 9.83. The standard InChI is InChI=1S/C18H22O2/c1-14-5-4-6-15(11-14)12-20-18-8-3-2-7-17(18)16-9-10-19-13-16/h4-6,9-11,13,17-18H,2-3,7-8,12H2,1H3/t17-,18+/m1/s1. The van der Waals surface area contributed by atoms with Gasteiger partial charge in [-0.3, -0.25) is 0 Å². The van der Waals surface area contributed by atoms with E-state index in [2.05, 4.69) is 37.3 Å². The van der Waals surface area contributed by atoms with Crippen molar-refractivity contribution in [3.05, 3.63) is 59.5 Å². The van der Waals surface area contributed by atoms with Crippen LogP contribution in [0.3, 0.4) is 0 Å². The van der Waals surface area contributed by atoms with Crippen molar-refractivity contribution >= 4 is 0 Å². The maximum Gasteiger partial charge on any atom is 0.0938 e. The molecular formula is C18H22O2. The third-order valence-electron chi connectivity index (χ3n) is 4.22. The van der Waals surface area contributed by atoms with Crippen LogP contribution in [0.25, 0.3) is 0 Å². The van der Waals surface area contributed by atoms with E-state index in [9.17, 15) is 0 Å². The number of benzene rings is 1. The van der Waals surface area contributed by atoms with Gasteiger partial charge in [-0.15, -0.1) is 0 Å². The number of hydrogen-bond donors (Lipinski definition) is 0. The second-order valence-corrected chi connectivity index (χ2v) is 5.79. The molecule has 0 spiro atoms. The molecule has 1 fully saturated rings. The lowest BCUT2D eigenvalue weighted by atomic mass is 9.82. The summed E-state index contributed by atoms with van der Waals surface area (Å²) in [6.07, 6.45) is 8.88. The van der Waals surface area contributed by atoms with Crippen LogP contribution in [0.15, 0.2) is 47.3 Å². The fraction of sp³-hybridized carbons (Fsp3) is 0.444. The molecule has 2 aromatic rings. The third kappa shape index (κ3) is 3.13. The first-order valence-electron chi connectivity index (χ1n) is 7.52. The number of aryl methyl sites for hydroxylation is 1. The molecule has 0 amide bonds. The lowest BCUT2D eigenvalue weighted by Gasteiger charge is -2.31. The Balaban J connectivity index is 1.65. The van der Waals surface area contributed by atoms with E-state index in [0.717, 1.165) is 6.42 Å². The van der Waals surface area contributed by atoms with E-state index in [-0.39, 0.29) is 0 Å². The second-order valence-electron chi connectivity index (χ2n) is 5.79. The van der Waals surface area contributed by atoms with E-state index in [1.807, 2.05) is 6.26 Å². The van der Waals surface area contributed by atoms with Crippen molar-refractivity contribution < 1.29 is 9.15 Å². The van der Waals surface area contributed by atoms with Gasteiger partial charge in [0.2, 0.25) is 0 Å². The highest BCUT2D eigenvalue weighted by atomic mass is 16.5. The predicted octanol–water partition coefficient (Wildman–Crippen LogP) is 4.83. The van der Waals surface area contributed by atoms with Crippen molar-refractivity contribution in [2.24, 2.45) is 0 Å². The van der Waals surface area contributed by atoms with Gasteiger partial charge in [-0.05, 0) is 37.0 Å². The third-order valence-corrected chi connectivity index (χ3v) is 4.22. The summed E-state index contributed by atoms with van der Waals surface area (Å²) in [4.78, 5) is 0. The van der Waals surface area contributed by atoms with Crippen molar-refractivity contribution in [3.8, 4) is 0 Å². The molecule has 0 radical (unpaired) electrons. The summed E-state index contributed by atoms with van der Waals surface area (Å²) < 4.78 is 11.5. The van der Waals surface area contributed by atoms with Gasteiger partial charge in [0.15, 0.2) is 0 Å². The van der Waals surface area contributed by atoms with E-state index in [0.29, 0.717) is 18.6 Å². The molecule has 1 aliphatic carbocycles. The second kappa shape index (κ2) is 6.27. The lowest BCUT2D eigenvalue weighted by Crippen LogP contribution is -2.25. The van der Waals surface area contributed by atoms with Gasteiger partial charge in [0.25, 0.3) is 0 Å². The Morgan fingerprint density at radius 3 is 2.90 bits per heavy atom. The van der Waals surface area contributed by atoms with Crippen LogP contribution in [0, 0.1) is 6.92 Å². The van der Waals surface area contributed by atoms with Crippen LogP contribution in [0.5, 0.6) is 0 Å². The highest BCUT2D eigenvalue weighted by Crippen LogP contribution is 2.35. The van der Waals surface area contributed by atoms with Crippen LogP contribution in [0.2, 0.25) is 0 Å². The number of furan rings is 1. The number of rotatable bonds is 4. The molecule has 3 rings (SSSR count). The van der Waals surface area contributed by atoms with Crippen LogP contribution in [-0.2, 0) is 11.3 Å². The van der Waals surface area contributed by atoms with Crippen LogP contribution in [0.1, 0.15) is 48.3 Å². The number of ether oxygens (including phenoxy) is 1. The molecule has 1 aromatic heterocycles. The summed E-state index contributed by atoms with van der Waals surface area (Å²) in [7, 11) is 0. The minimum absolute atomic E-state index is 0.321. The normalized spacial score (nSPS) is 22.9. The Morgan fingerprint density at radius 2 is 2.10 bits per heavy atom. The van der Waals surface area contributed by atoms with E-state index >= 15 is 0 Å². The quantitative estimate of drug-likeness (QED) is 0.794. The Labute approximate surface area is 120 Å². The van der Waals surface area contributed by atoms with Crippen molar-refractivity contribution in [2.45, 2.75) is 51.2 Å². The molecule has 0 saturated heterocycles. The highest BCUT2D eigenvalue weighted by Gasteiger charge is 2.27. The maximum atomic E-state index is 6.22. The Morgan fingerprint density at radius 1 is 1.20 bits per heavy atom. The molecule has 20 heavy (non-hydrogen) atoms. The zero-order valence-corrected chi connectivity index (χ0v) is 12.0. The molecular weight excluding hydrogens is 248 g/mol. The van der Waals surface area contributed by atoms with Crippen LogP contribution in [-0.4, -0.2) is 6.10 Å². The van der Waals surface area contributed by atoms with Crippen molar-refractivity contribution in [2.75, 3.05) is 0 Å². The molecule has 1 aliphatic rings.